The minimum atomic E-state index is -2.38. The third-order valence-electron chi connectivity index (χ3n) is 3.97. The zero-order chi connectivity index (χ0) is 20.7. The Balaban J connectivity index is 1.92. The first-order valence-electron chi connectivity index (χ1n) is 7.58. The average Bonchev–Trinajstić information content (AvgIpc) is 2.96. The Morgan fingerprint density at radius 1 is 1.04 bits per heavy atom. The molecule has 2 heterocycles. The molecule has 0 bridgehead atoms. The van der Waals surface area contributed by atoms with Gasteiger partial charge in [-0.3, -0.25) is 4.57 Å². The Bertz CT molecular complexity index is 942. The summed E-state index contributed by atoms with van der Waals surface area (Å²) in [4.78, 5) is 15.3. The lowest BCUT2D eigenvalue weighted by molar-refractivity contribution is -0.0550. The highest BCUT2D eigenvalue weighted by molar-refractivity contribution is 5.32. The van der Waals surface area contributed by atoms with Crippen LogP contribution in [0.15, 0.2) is 17.1 Å². The van der Waals surface area contributed by atoms with E-state index in [0.29, 0.717) is 4.57 Å². The quantitative estimate of drug-likeness (QED) is 0.379. The van der Waals surface area contributed by atoms with Crippen molar-refractivity contribution in [1.29, 1.82) is 0 Å². The highest BCUT2D eigenvalue weighted by Crippen LogP contribution is 2.32. The molecule has 0 spiro atoms. The third-order valence-corrected chi connectivity index (χ3v) is 3.97. The lowest BCUT2D eigenvalue weighted by Crippen LogP contribution is -2.35. The van der Waals surface area contributed by atoms with Crippen molar-refractivity contribution in [3.8, 4) is 11.6 Å². The Kier molecular flexibility index (Phi) is 5.34. The van der Waals surface area contributed by atoms with Gasteiger partial charge < -0.3 is 24.8 Å². The largest absolute Gasteiger partial charge is 0.432 e. The van der Waals surface area contributed by atoms with Crippen LogP contribution in [0.4, 0.5) is 22.0 Å². The fraction of sp³-hybridized carbons (Fsp3) is 0.333. The molecule has 3 rings (SSSR count). The van der Waals surface area contributed by atoms with Gasteiger partial charge in [-0.2, -0.15) is 13.8 Å². The van der Waals surface area contributed by atoms with Crippen molar-refractivity contribution in [2.24, 2.45) is 0 Å². The molecule has 4 unspecified atom stereocenters. The average molecular weight is 410 g/mol. The molecular weight excluding hydrogens is 399 g/mol. The highest BCUT2D eigenvalue weighted by Gasteiger charge is 2.43. The first kappa shape index (κ1) is 20.1. The molecule has 1 aromatic carbocycles. The Morgan fingerprint density at radius 3 is 2.11 bits per heavy atom. The van der Waals surface area contributed by atoms with Gasteiger partial charge >= 0.3 is 5.69 Å². The third kappa shape index (κ3) is 3.22. The van der Waals surface area contributed by atoms with Gasteiger partial charge in [-0.1, -0.05) is 0 Å². The SMILES string of the molecule is O=c1nc(Oc2c(F)c(F)c(F)c(F)c2F)ccn1C1OC(CO)C(O)C1O. The van der Waals surface area contributed by atoms with E-state index in [9.17, 15) is 37.0 Å². The van der Waals surface area contributed by atoms with Gasteiger partial charge in [0.2, 0.25) is 40.7 Å². The molecule has 0 saturated carbocycles. The second-order valence-corrected chi connectivity index (χ2v) is 5.69. The lowest BCUT2D eigenvalue weighted by atomic mass is 10.1. The molecular formula is C15H11F5N2O6. The van der Waals surface area contributed by atoms with Crippen molar-refractivity contribution in [3.63, 3.8) is 0 Å². The second-order valence-electron chi connectivity index (χ2n) is 5.69. The van der Waals surface area contributed by atoms with Gasteiger partial charge in [0.15, 0.2) is 6.23 Å². The summed E-state index contributed by atoms with van der Waals surface area (Å²) in [6.45, 7) is -0.654. The smallest absolute Gasteiger partial charge is 0.353 e. The van der Waals surface area contributed by atoms with E-state index in [-0.39, 0.29) is 0 Å². The molecule has 0 aliphatic carbocycles. The first-order valence-corrected chi connectivity index (χ1v) is 7.58. The van der Waals surface area contributed by atoms with Crippen molar-refractivity contribution in [2.75, 3.05) is 6.61 Å². The van der Waals surface area contributed by atoms with Crippen LogP contribution < -0.4 is 10.4 Å². The first-order chi connectivity index (χ1) is 13.2. The number of aromatic nitrogens is 2. The summed E-state index contributed by atoms with van der Waals surface area (Å²) in [5.41, 5.74) is -1.20. The molecule has 0 amide bonds. The van der Waals surface area contributed by atoms with Crippen LogP contribution >= 0.6 is 0 Å². The summed E-state index contributed by atoms with van der Waals surface area (Å²) in [6.07, 6.45) is -4.87. The fourth-order valence-corrected chi connectivity index (χ4v) is 2.54. The number of benzene rings is 1. The summed E-state index contributed by atoms with van der Waals surface area (Å²) in [7, 11) is 0. The van der Waals surface area contributed by atoms with E-state index in [4.69, 9.17) is 9.84 Å². The molecule has 8 nitrogen and oxygen atoms in total. The lowest BCUT2D eigenvalue weighted by Gasteiger charge is -2.17. The van der Waals surface area contributed by atoms with Gasteiger partial charge in [0.05, 0.1) is 6.61 Å². The van der Waals surface area contributed by atoms with Crippen LogP contribution in [0.25, 0.3) is 0 Å². The van der Waals surface area contributed by atoms with Crippen LogP contribution in [0.3, 0.4) is 0 Å². The van der Waals surface area contributed by atoms with E-state index >= 15 is 0 Å². The Labute approximate surface area is 152 Å². The van der Waals surface area contributed by atoms with Crippen molar-refractivity contribution in [2.45, 2.75) is 24.5 Å². The maximum absolute atomic E-state index is 13.6. The van der Waals surface area contributed by atoms with Crippen LogP contribution in [0.5, 0.6) is 11.6 Å². The maximum Gasteiger partial charge on any atom is 0.353 e. The van der Waals surface area contributed by atoms with Crippen LogP contribution in [0, 0.1) is 29.1 Å². The normalized spacial score (nSPS) is 24.6. The number of hydrogen-bond acceptors (Lipinski definition) is 7. The van der Waals surface area contributed by atoms with Crippen molar-refractivity contribution in [3.05, 3.63) is 51.8 Å². The van der Waals surface area contributed by atoms with Gasteiger partial charge in [-0.15, -0.1) is 0 Å². The summed E-state index contributed by atoms with van der Waals surface area (Å²) in [5.74, 6) is -13.8. The molecule has 1 aliphatic rings. The predicted molar refractivity (Wildman–Crippen MR) is 77.8 cm³/mol. The Hall–Kier alpha value is -2.61. The molecule has 1 saturated heterocycles. The zero-order valence-corrected chi connectivity index (χ0v) is 13.5. The number of rotatable bonds is 4. The number of hydrogen-bond donors (Lipinski definition) is 3. The number of nitrogens with zero attached hydrogens (tertiary/aromatic N) is 2. The van der Waals surface area contributed by atoms with Crippen LogP contribution in [0.1, 0.15) is 6.23 Å². The molecule has 1 aromatic heterocycles. The van der Waals surface area contributed by atoms with Crippen molar-refractivity contribution >= 4 is 0 Å². The van der Waals surface area contributed by atoms with E-state index in [1.165, 1.54) is 0 Å². The molecule has 28 heavy (non-hydrogen) atoms. The minimum Gasteiger partial charge on any atom is -0.432 e. The topological polar surface area (TPSA) is 114 Å². The van der Waals surface area contributed by atoms with Crippen molar-refractivity contribution in [1.82, 2.24) is 9.55 Å². The molecule has 2 aromatic rings. The van der Waals surface area contributed by atoms with E-state index in [1.54, 1.807) is 0 Å². The standard InChI is InChI=1S/C15H11F5N2O6/c16-6-7(17)9(19)13(10(20)8(6)18)28-5-1-2-22(15(26)21-5)14-12(25)11(24)4(3-23)27-14/h1-2,4,11-12,14,23-25H,3H2. The van der Waals surface area contributed by atoms with Gasteiger partial charge in [-0.05, 0) is 0 Å². The number of halogens is 5. The molecule has 1 fully saturated rings. The summed E-state index contributed by atoms with van der Waals surface area (Å²) in [5, 5.41) is 28.6. The van der Waals surface area contributed by atoms with Gasteiger partial charge in [0, 0.05) is 12.3 Å². The molecule has 152 valence electrons. The minimum absolute atomic E-state index is 0.654. The van der Waals surface area contributed by atoms with Crippen molar-refractivity contribution < 1.29 is 46.7 Å². The van der Waals surface area contributed by atoms with E-state index in [2.05, 4.69) is 9.72 Å². The van der Waals surface area contributed by atoms with Gasteiger partial charge in [0.1, 0.15) is 18.3 Å². The fourth-order valence-electron chi connectivity index (χ4n) is 2.54. The second kappa shape index (κ2) is 7.43. The van der Waals surface area contributed by atoms with E-state index in [0.717, 1.165) is 12.3 Å². The van der Waals surface area contributed by atoms with E-state index in [1.807, 2.05) is 0 Å². The number of aliphatic hydroxyl groups excluding tert-OH is 3. The summed E-state index contributed by atoms with van der Waals surface area (Å²) in [6, 6.07) is 0.828. The maximum atomic E-state index is 13.6. The molecule has 13 heteroatoms. The summed E-state index contributed by atoms with van der Waals surface area (Å²) >= 11 is 0. The monoisotopic (exact) mass is 410 g/mol. The van der Waals surface area contributed by atoms with E-state index < -0.39 is 77.6 Å². The Morgan fingerprint density at radius 2 is 1.61 bits per heavy atom. The highest BCUT2D eigenvalue weighted by atomic mass is 19.2. The molecule has 0 radical (unpaired) electrons. The molecule has 3 N–H and O–H groups in total. The van der Waals surface area contributed by atoms with Crippen LogP contribution in [-0.2, 0) is 4.74 Å². The van der Waals surface area contributed by atoms with Crippen LogP contribution in [0.2, 0.25) is 0 Å². The predicted octanol–water partition coefficient (Wildman–Crippen LogP) is 0.343. The number of aliphatic hydroxyl groups is 3. The molecule has 1 aliphatic heterocycles. The number of ether oxygens (including phenoxy) is 2. The van der Waals surface area contributed by atoms with Gasteiger partial charge in [-0.25, -0.2) is 18.0 Å². The molecule has 4 atom stereocenters. The zero-order valence-electron chi connectivity index (χ0n) is 13.5. The summed E-state index contributed by atoms with van der Waals surface area (Å²) < 4.78 is 77.0. The van der Waals surface area contributed by atoms with Crippen LogP contribution in [-0.4, -0.2) is 49.8 Å². The van der Waals surface area contributed by atoms with Gasteiger partial charge in [0.25, 0.3) is 0 Å².